The summed E-state index contributed by atoms with van der Waals surface area (Å²) < 4.78 is 2.37. The third kappa shape index (κ3) is 6.19. The minimum Gasteiger partial charge on any atom is -0.309 e. The Kier molecular flexibility index (Phi) is 8.01. The Morgan fingerprint density at radius 3 is 0.925 bits per heavy atom. The molecule has 0 unspecified atom stereocenters. The lowest BCUT2D eigenvalue weighted by atomic mass is 9.99. The maximum atomic E-state index is 5.00. The van der Waals surface area contributed by atoms with Crippen LogP contribution < -0.4 is 0 Å². The lowest BCUT2D eigenvalue weighted by Gasteiger charge is -2.11. The van der Waals surface area contributed by atoms with Crippen molar-refractivity contribution in [3.05, 3.63) is 180 Å². The number of aryl methyl sites for hydroxylation is 4. The lowest BCUT2D eigenvalue weighted by Crippen LogP contribution is -2.00. The average Bonchev–Trinajstić information content (AvgIpc) is 3.52. The second-order valence-electron chi connectivity index (χ2n) is 14.1. The van der Waals surface area contributed by atoms with Crippen LogP contribution in [0, 0.1) is 27.7 Å². The highest BCUT2D eigenvalue weighted by Gasteiger charge is 2.17. The number of fused-ring (bicyclic) bond motifs is 3. The molecule has 0 fully saturated rings. The van der Waals surface area contributed by atoms with Crippen LogP contribution in [0.15, 0.2) is 158 Å². The van der Waals surface area contributed by atoms with Gasteiger partial charge in [-0.2, -0.15) is 0 Å². The monoisotopic (exact) mass is 682 g/mol. The summed E-state index contributed by atoms with van der Waals surface area (Å²) in [5.41, 5.74) is 16.0. The Balaban J connectivity index is 1.18. The highest BCUT2D eigenvalue weighted by molar-refractivity contribution is 6.11. The van der Waals surface area contributed by atoms with Crippen molar-refractivity contribution in [1.82, 2.24) is 19.5 Å². The topological polar surface area (TPSA) is 43.6 Å². The second-order valence-corrected chi connectivity index (χ2v) is 14.1. The van der Waals surface area contributed by atoms with Gasteiger partial charge in [-0.1, -0.05) is 131 Å². The van der Waals surface area contributed by atoms with Crippen LogP contribution in [0.1, 0.15) is 22.3 Å². The molecule has 4 nitrogen and oxygen atoms in total. The van der Waals surface area contributed by atoms with Gasteiger partial charge in [0.15, 0.2) is 17.5 Å². The van der Waals surface area contributed by atoms with Gasteiger partial charge in [0.25, 0.3) is 0 Å². The summed E-state index contributed by atoms with van der Waals surface area (Å²) in [7, 11) is 0. The summed E-state index contributed by atoms with van der Waals surface area (Å²) in [6.45, 7) is 8.44. The normalized spacial score (nSPS) is 11.4. The average molecular weight is 683 g/mol. The molecule has 0 amide bonds. The molecule has 2 aromatic heterocycles. The van der Waals surface area contributed by atoms with Gasteiger partial charge >= 0.3 is 0 Å². The van der Waals surface area contributed by atoms with E-state index in [0.717, 1.165) is 33.4 Å². The van der Waals surface area contributed by atoms with Crippen LogP contribution in [0.4, 0.5) is 0 Å². The third-order valence-electron chi connectivity index (χ3n) is 10.2. The van der Waals surface area contributed by atoms with Gasteiger partial charge in [-0.3, -0.25) is 0 Å². The van der Waals surface area contributed by atoms with Gasteiger partial charge in [0.2, 0.25) is 0 Å². The lowest BCUT2D eigenvalue weighted by molar-refractivity contribution is 1.07. The maximum absolute atomic E-state index is 5.00. The van der Waals surface area contributed by atoms with Gasteiger partial charge in [-0.25, -0.2) is 15.0 Å². The van der Waals surface area contributed by atoms with Crippen LogP contribution in [0.2, 0.25) is 0 Å². The summed E-state index contributed by atoms with van der Waals surface area (Å²) >= 11 is 0. The molecule has 2 heterocycles. The van der Waals surface area contributed by atoms with E-state index >= 15 is 0 Å². The fourth-order valence-corrected chi connectivity index (χ4v) is 7.08. The first kappa shape index (κ1) is 32.3. The van der Waals surface area contributed by atoms with Crippen molar-refractivity contribution in [2.75, 3.05) is 0 Å². The zero-order valence-electron chi connectivity index (χ0n) is 30.3. The summed E-state index contributed by atoms with van der Waals surface area (Å²) in [5, 5.41) is 2.44. The quantitative estimate of drug-likeness (QED) is 0.175. The smallest absolute Gasteiger partial charge is 0.164 e. The molecule has 0 N–H and O–H groups in total. The van der Waals surface area contributed by atoms with Crippen molar-refractivity contribution in [2.24, 2.45) is 0 Å². The highest BCUT2D eigenvalue weighted by atomic mass is 15.0. The Hall–Kier alpha value is -6.65. The van der Waals surface area contributed by atoms with E-state index in [2.05, 4.69) is 190 Å². The summed E-state index contributed by atoms with van der Waals surface area (Å²) in [5.74, 6) is 1.96. The standard InChI is InChI=1S/C49H38N4/c1-31-5-13-35(14-6-31)40-23-27-45-43(29-40)44-30-41(36-15-7-32(2)8-16-36)24-28-46(44)53(45)42-25-21-39(22-26-42)49-51-47(37-17-9-33(3)10-18-37)50-48(52-49)38-19-11-34(4)12-20-38/h5-30H,1-4H3. The number of hydrogen-bond acceptors (Lipinski definition) is 3. The van der Waals surface area contributed by atoms with Crippen LogP contribution in [-0.2, 0) is 0 Å². The molecule has 0 spiro atoms. The molecule has 53 heavy (non-hydrogen) atoms. The van der Waals surface area contributed by atoms with E-state index in [4.69, 9.17) is 15.0 Å². The third-order valence-corrected chi connectivity index (χ3v) is 10.2. The molecule has 0 radical (unpaired) electrons. The molecular formula is C49H38N4. The summed E-state index contributed by atoms with van der Waals surface area (Å²) in [6, 6.07) is 56.5. The van der Waals surface area contributed by atoms with E-state index in [1.165, 1.54) is 55.3 Å². The Morgan fingerprint density at radius 2 is 0.585 bits per heavy atom. The zero-order chi connectivity index (χ0) is 36.1. The van der Waals surface area contributed by atoms with Crippen molar-refractivity contribution >= 4 is 21.8 Å². The SMILES string of the molecule is Cc1ccc(-c2ccc3c(c2)c2cc(-c4ccc(C)cc4)ccc2n3-c2ccc(-c3nc(-c4ccc(C)cc4)nc(-c4ccc(C)cc4)n3)cc2)cc1. The number of aromatic nitrogens is 4. The van der Waals surface area contributed by atoms with Gasteiger partial charge in [-0.05, 0) is 98.5 Å². The van der Waals surface area contributed by atoms with Gasteiger partial charge in [0.1, 0.15) is 0 Å². The largest absolute Gasteiger partial charge is 0.309 e. The predicted octanol–water partition coefficient (Wildman–Crippen LogP) is 12.5. The molecule has 0 atom stereocenters. The molecule has 0 bridgehead atoms. The Labute approximate surface area is 310 Å². The molecule has 0 saturated carbocycles. The van der Waals surface area contributed by atoms with Gasteiger partial charge < -0.3 is 4.57 Å². The molecule has 0 aliphatic rings. The van der Waals surface area contributed by atoms with Crippen molar-refractivity contribution < 1.29 is 0 Å². The Bertz CT molecular complexity index is 2590. The van der Waals surface area contributed by atoms with Crippen molar-refractivity contribution in [1.29, 1.82) is 0 Å². The minimum absolute atomic E-state index is 0.644. The van der Waals surface area contributed by atoms with E-state index < -0.39 is 0 Å². The first-order valence-corrected chi connectivity index (χ1v) is 18.1. The number of benzene rings is 7. The van der Waals surface area contributed by atoms with Crippen LogP contribution in [0.25, 0.3) is 83.9 Å². The fraction of sp³-hybridized carbons (Fsp3) is 0.0816. The van der Waals surface area contributed by atoms with Crippen molar-refractivity contribution in [2.45, 2.75) is 27.7 Å². The molecule has 4 heteroatoms. The van der Waals surface area contributed by atoms with E-state index in [0.29, 0.717) is 17.5 Å². The van der Waals surface area contributed by atoms with Crippen LogP contribution >= 0.6 is 0 Å². The summed E-state index contributed by atoms with van der Waals surface area (Å²) in [6.07, 6.45) is 0. The minimum atomic E-state index is 0.644. The van der Waals surface area contributed by atoms with E-state index in [9.17, 15) is 0 Å². The second kappa shape index (κ2) is 13.2. The molecule has 9 aromatic rings. The molecule has 9 rings (SSSR count). The molecule has 0 aliphatic heterocycles. The van der Waals surface area contributed by atoms with Gasteiger partial charge in [0, 0.05) is 33.2 Å². The first-order valence-electron chi connectivity index (χ1n) is 18.1. The predicted molar refractivity (Wildman–Crippen MR) is 220 cm³/mol. The molecule has 0 aliphatic carbocycles. The van der Waals surface area contributed by atoms with Crippen molar-refractivity contribution in [3.63, 3.8) is 0 Å². The molecular weight excluding hydrogens is 645 g/mol. The Morgan fingerprint density at radius 1 is 0.302 bits per heavy atom. The van der Waals surface area contributed by atoms with E-state index in [1.807, 2.05) is 0 Å². The molecule has 254 valence electrons. The first-order chi connectivity index (χ1) is 25.9. The van der Waals surface area contributed by atoms with Crippen molar-refractivity contribution in [3.8, 4) is 62.1 Å². The van der Waals surface area contributed by atoms with Gasteiger partial charge in [-0.15, -0.1) is 0 Å². The molecule has 0 saturated heterocycles. The highest BCUT2D eigenvalue weighted by Crippen LogP contribution is 2.38. The van der Waals surface area contributed by atoms with Crippen LogP contribution in [0.5, 0.6) is 0 Å². The maximum Gasteiger partial charge on any atom is 0.164 e. The van der Waals surface area contributed by atoms with E-state index in [-0.39, 0.29) is 0 Å². The molecule has 7 aromatic carbocycles. The fourth-order valence-electron chi connectivity index (χ4n) is 7.08. The van der Waals surface area contributed by atoms with Crippen LogP contribution in [-0.4, -0.2) is 19.5 Å². The summed E-state index contributed by atoms with van der Waals surface area (Å²) in [4.78, 5) is 14.9. The van der Waals surface area contributed by atoms with E-state index in [1.54, 1.807) is 0 Å². The van der Waals surface area contributed by atoms with Gasteiger partial charge in [0.05, 0.1) is 11.0 Å². The zero-order valence-corrected chi connectivity index (χ0v) is 30.3. The number of nitrogens with zero attached hydrogens (tertiary/aromatic N) is 4. The number of hydrogen-bond donors (Lipinski definition) is 0. The number of rotatable bonds is 6. The van der Waals surface area contributed by atoms with Crippen LogP contribution in [0.3, 0.4) is 0 Å².